The summed E-state index contributed by atoms with van der Waals surface area (Å²) >= 11 is 1.30. The van der Waals surface area contributed by atoms with Crippen molar-refractivity contribution in [2.75, 3.05) is 11.4 Å². The highest BCUT2D eigenvalue weighted by molar-refractivity contribution is 7.94. The number of nitrogens with zero attached hydrogens (tertiary/aromatic N) is 3. The smallest absolute Gasteiger partial charge is 0.353 e. The first-order chi connectivity index (χ1) is 19.2. The molecule has 0 aliphatic carbocycles. The standard InChI is InChI=1S/C27H23N3O8S2/c1-3-21(27(34)38-29-22(31)12-13-23(29)32)40(35,36)30(16-8-10-17(37-2)11-9-16)26(33)24-18-6-4-5-7-20(18)28-25-19(24)14-15-39-25/h4-11,14-15,21H,3,12-13H2,1-2H3. The average Bonchev–Trinajstić information content (AvgIpc) is 3.53. The Kier molecular flexibility index (Phi) is 7.25. The van der Waals surface area contributed by atoms with Gasteiger partial charge in [0.15, 0.2) is 5.25 Å². The number of methoxy groups -OCH3 is 1. The Labute approximate surface area is 232 Å². The first-order valence-electron chi connectivity index (χ1n) is 12.2. The number of pyridine rings is 1. The van der Waals surface area contributed by atoms with Crippen LogP contribution < -0.4 is 9.04 Å². The van der Waals surface area contributed by atoms with E-state index < -0.39 is 39.0 Å². The first-order valence-corrected chi connectivity index (χ1v) is 14.6. The number of carbonyl (C=O) groups excluding carboxylic acids is 4. The number of thiophene rings is 1. The molecule has 1 aliphatic heterocycles. The Morgan fingerprint density at radius 2 is 1.70 bits per heavy atom. The zero-order valence-corrected chi connectivity index (χ0v) is 23.0. The van der Waals surface area contributed by atoms with Crippen LogP contribution in [0.5, 0.6) is 5.75 Å². The summed E-state index contributed by atoms with van der Waals surface area (Å²) < 4.78 is 34.1. The maximum atomic E-state index is 14.4. The van der Waals surface area contributed by atoms with Gasteiger partial charge in [0.1, 0.15) is 10.6 Å². The molecule has 3 amide bonds. The minimum atomic E-state index is -4.83. The van der Waals surface area contributed by atoms with Gasteiger partial charge in [-0.2, -0.15) is 0 Å². The Bertz CT molecular complexity index is 1750. The number of rotatable bonds is 8. The summed E-state index contributed by atoms with van der Waals surface area (Å²) in [4.78, 5) is 61.6. The van der Waals surface area contributed by atoms with Crippen LogP contribution in [0, 0.1) is 0 Å². The molecule has 1 aliphatic rings. The number of hydrogen-bond donors (Lipinski definition) is 0. The highest BCUT2D eigenvalue weighted by atomic mass is 32.2. The molecule has 4 aromatic rings. The zero-order valence-electron chi connectivity index (χ0n) is 21.4. The lowest BCUT2D eigenvalue weighted by molar-refractivity contribution is -0.197. The first kappa shape index (κ1) is 27.2. The predicted octanol–water partition coefficient (Wildman–Crippen LogP) is 3.82. The van der Waals surface area contributed by atoms with E-state index in [1.807, 2.05) is 0 Å². The van der Waals surface area contributed by atoms with Crippen LogP contribution in [-0.4, -0.2) is 54.5 Å². The minimum Gasteiger partial charge on any atom is -0.497 e. The van der Waals surface area contributed by atoms with Gasteiger partial charge in [0, 0.05) is 23.6 Å². The SMILES string of the molecule is CCC(C(=O)ON1C(=O)CCC1=O)S(=O)(=O)N(C(=O)c1c2ccccc2nc2sccc12)c1ccc(OC)cc1. The van der Waals surface area contributed by atoms with Crippen molar-refractivity contribution in [1.29, 1.82) is 0 Å². The number of anilines is 1. The molecule has 13 heteroatoms. The topological polar surface area (TPSA) is 140 Å². The maximum absolute atomic E-state index is 14.4. The summed E-state index contributed by atoms with van der Waals surface area (Å²) in [6.07, 6.45) is -0.613. The van der Waals surface area contributed by atoms with E-state index >= 15 is 0 Å². The molecule has 1 fully saturated rings. The molecule has 0 bridgehead atoms. The van der Waals surface area contributed by atoms with Gasteiger partial charge in [-0.05, 0) is 48.2 Å². The van der Waals surface area contributed by atoms with Gasteiger partial charge >= 0.3 is 5.97 Å². The molecule has 0 spiro atoms. The predicted molar refractivity (Wildman–Crippen MR) is 147 cm³/mol. The molecule has 1 atom stereocenters. The molecule has 1 saturated heterocycles. The third kappa shape index (κ3) is 4.67. The molecule has 5 rings (SSSR count). The molecule has 11 nitrogen and oxygen atoms in total. The molecule has 0 radical (unpaired) electrons. The fourth-order valence-electron chi connectivity index (χ4n) is 4.48. The number of fused-ring (bicyclic) bond motifs is 2. The van der Waals surface area contributed by atoms with Crippen LogP contribution in [0.2, 0.25) is 0 Å². The van der Waals surface area contributed by atoms with Gasteiger partial charge in [0.05, 0.1) is 23.9 Å². The van der Waals surface area contributed by atoms with Crippen LogP contribution in [0.3, 0.4) is 0 Å². The quantitative estimate of drug-likeness (QED) is 0.284. The molecule has 2 aromatic carbocycles. The minimum absolute atomic E-state index is 0.0466. The third-order valence-corrected chi connectivity index (χ3v) is 9.39. The Hall–Kier alpha value is -4.36. The van der Waals surface area contributed by atoms with Gasteiger partial charge in [-0.15, -0.1) is 16.4 Å². The monoisotopic (exact) mass is 581 g/mol. The molecule has 0 N–H and O–H groups in total. The second-order valence-electron chi connectivity index (χ2n) is 8.84. The van der Waals surface area contributed by atoms with E-state index in [4.69, 9.17) is 9.57 Å². The molecule has 206 valence electrons. The van der Waals surface area contributed by atoms with E-state index in [2.05, 4.69) is 4.98 Å². The zero-order chi connectivity index (χ0) is 28.6. The number of hydroxylamine groups is 2. The van der Waals surface area contributed by atoms with E-state index in [1.165, 1.54) is 49.6 Å². The largest absolute Gasteiger partial charge is 0.497 e. The van der Waals surface area contributed by atoms with E-state index in [1.54, 1.807) is 35.7 Å². The van der Waals surface area contributed by atoms with Crippen LogP contribution in [0.4, 0.5) is 5.69 Å². The highest BCUT2D eigenvalue weighted by Crippen LogP contribution is 2.34. The van der Waals surface area contributed by atoms with Crippen molar-refractivity contribution in [3.63, 3.8) is 0 Å². The van der Waals surface area contributed by atoms with Gasteiger partial charge in [-0.3, -0.25) is 14.4 Å². The second-order valence-corrected chi connectivity index (χ2v) is 11.7. The number of sulfonamides is 1. The number of ether oxygens (including phenoxy) is 1. The summed E-state index contributed by atoms with van der Waals surface area (Å²) in [5.41, 5.74) is 0.536. The summed E-state index contributed by atoms with van der Waals surface area (Å²) in [7, 11) is -3.39. The summed E-state index contributed by atoms with van der Waals surface area (Å²) in [6.45, 7) is 1.42. The lowest BCUT2D eigenvalue weighted by atomic mass is 10.0. The van der Waals surface area contributed by atoms with Crippen molar-refractivity contribution in [2.24, 2.45) is 0 Å². The summed E-state index contributed by atoms with van der Waals surface area (Å²) in [5, 5.41) is 0.995. The average molecular weight is 582 g/mol. The van der Waals surface area contributed by atoms with Crippen molar-refractivity contribution in [3.8, 4) is 5.75 Å². The summed E-state index contributed by atoms with van der Waals surface area (Å²) in [6, 6.07) is 14.3. The van der Waals surface area contributed by atoms with Gasteiger partial charge in [0.25, 0.3) is 27.7 Å². The molecule has 2 aromatic heterocycles. The van der Waals surface area contributed by atoms with Crippen LogP contribution in [0.15, 0.2) is 60.0 Å². The molecular formula is C27H23N3O8S2. The molecule has 3 heterocycles. The van der Waals surface area contributed by atoms with Crippen molar-refractivity contribution >= 4 is 71.9 Å². The van der Waals surface area contributed by atoms with Gasteiger partial charge in [-0.25, -0.2) is 22.5 Å². The van der Waals surface area contributed by atoms with Crippen LogP contribution in [-0.2, 0) is 29.2 Å². The number of benzene rings is 2. The Morgan fingerprint density at radius 1 is 1.02 bits per heavy atom. The van der Waals surface area contributed by atoms with E-state index in [0.29, 0.717) is 31.2 Å². The highest BCUT2D eigenvalue weighted by Gasteiger charge is 2.44. The number of hydrogen-bond acceptors (Lipinski definition) is 10. The van der Waals surface area contributed by atoms with Crippen LogP contribution in [0.25, 0.3) is 21.1 Å². The summed E-state index contributed by atoms with van der Waals surface area (Å²) in [5.74, 6) is -3.35. The number of para-hydroxylation sites is 1. The molecular weight excluding hydrogens is 558 g/mol. The second kappa shape index (κ2) is 10.7. The van der Waals surface area contributed by atoms with Crippen LogP contribution >= 0.6 is 11.3 Å². The van der Waals surface area contributed by atoms with Crippen molar-refractivity contribution in [1.82, 2.24) is 10.0 Å². The molecule has 0 saturated carbocycles. The molecule has 40 heavy (non-hydrogen) atoms. The van der Waals surface area contributed by atoms with Gasteiger partial charge < -0.3 is 9.57 Å². The van der Waals surface area contributed by atoms with E-state index in [0.717, 1.165) is 0 Å². The maximum Gasteiger partial charge on any atom is 0.353 e. The Balaban J connectivity index is 1.66. The van der Waals surface area contributed by atoms with Gasteiger partial charge in [0.2, 0.25) is 0 Å². The lowest BCUT2D eigenvalue weighted by Crippen LogP contribution is -2.48. The van der Waals surface area contributed by atoms with Crippen molar-refractivity contribution in [2.45, 2.75) is 31.4 Å². The van der Waals surface area contributed by atoms with Crippen molar-refractivity contribution in [3.05, 3.63) is 65.5 Å². The fraction of sp³-hybridized carbons (Fsp3) is 0.222. The fourth-order valence-corrected chi connectivity index (χ4v) is 6.96. The number of aromatic nitrogens is 1. The third-order valence-electron chi connectivity index (χ3n) is 6.45. The lowest BCUT2D eigenvalue weighted by Gasteiger charge is -2.27. The van der Waals surface area contributed by atoms with Crippen LogP contribution in [0.1, 0.15) is 36.5 Å². The number of amides is 3. The normalized spacial score (nSPS) is 14.5. The Morgan fingerprint density at radius 3 is 2.35 bits per heavy atom. The number of imide groups is 1. The van der Waals surface area contributed by atoms with Crippen molar-refractivity contribution < 1.29 is 37.2 Å². The van der Waals surface area contributed by atoms with Gasteiger partial charge in [-0.1, -0.05) is 25.1 Å². The van der Waals surface area contributed by atoms with E-state index in [-0.39, 0.29) is 35.6 Å². The van der Waals surface area contributed by atoms with E-state index in [9.17, 15) is 27.6 Å². The number of carbonyl (C=O) groups is 4. The molecule has 1 unspecified atom stereocenters.